The van der Waals surface area contributed by atoms with E-state index >= 15 is 0 Å². The Morgan fingerprint density at radius 1 is 0.583 bits per heavy atom. The summed E-state index contributed by atoms with van der Waals surface area (Å²) >= 11 is 1.28. The van der Waals surface area contributed by atoms with E-state index in [9.17, 15) is 22.0 Å². The van der Waals surface area contributed by atoms with Gasteiger partial charge < -0.3 is 0 Å². The van der Waals surface area contributed by atoms with Crippen molar-refractivity contribution in [3.05, 3.63) is 29.1 Å². The van der Waals surface area contributed by atoms with Crippen LogP contribution in [0.1, 0.15) is 0 Å². The third-order valence-electron chi connectivity index (χ3n) is 1.19. The van der Waals surface area contributed by atoms with Crippen molar-refractivity contribution in [3.8, 4) is 0 Å². The van der Waals surface area contributed by atoms with Crippen LogP contribution in [-0.2, 0) is 0 Å². The maximum atomic E-state index is 12.4. The number of rotatable bonds is 0. The minimum atomic E-state index is -2.14. The summed E-state index contributed by atoms with van der Waals surface area (Å²) in [4.78, 5) is 0. The van der Waals surface area contributed by atoms with Crippen LogP contribution in [0.15, 0.2) is 0 Å². The van der Waals surface area contributed by atoms with Crippen molar-refractivity contribution in [1.29, 1.82) is 0 Å². The zero-order valence-corrected chi connectivity index (χ0v) is 7.21. The topological polar surface area (TPSA) is 0 Å². The Morgan fingerprint density at radius 3 is 1.17 bits per heavy atom. The van der Waals surface area contributed by atoms with E-state index in [1.165, 1.54) is 16.9 Å². The summed E-state index contributed by atoms with van der Waals surface area (Å²) in [5, 5.41) is 0. The Labute approximate surface area is 72.9 Å². The fraction of sp³-hybridized carbons (Fsp3) is 0. The zero-order valence-electron chi connectivity index (χ0n) is 5.34. The molecule has 0 amide bonds. The molecule has 0 aliphatic heterocycles. The number of halogens is 5. The Kier molecular flexibility index (Phi) is 2.42. The molecule has 1 aromatic rings. The first kappa shape index (κ1) is 9.52. The van der Waals surface area contributed by atoms with Crippen LogP contribution in [0.2, 0.25) is 0 Å². The van der Waals surface area contributed by atoms with Crippen LogP contribution >= 0.6 is 0 Å². The Morgan fingerprint density at radius 2 is 0.833 bits per heavy atom. The third-order valence-corrected chi connectivity index (χ3v) is 2.01. The van der Waals surface area contributed by atoms with E-state index in [1.54, 1.807) is 0 Å². The predicted molar refractivity (Wildman–Crippen MR) is 31.6 cm³/mol. The van der Waals surface area contributed by atoms with Gasteiger partial charge in [-0.2, -0.15) is 0 Å². The molecule has 12 heavy (non-hydrogen) atoms. The molecule has 2 radical (unpaired) electrons. The summed E-state index contributed by atoms with van der Waals surface area (Å²) in [7, 11) is 0. The number of hydrogen-bond donors (Lipinski definition) is 0. The van der Waals surface area contributed by atoms with Crippen molar-refractivity contribution in [2.75, 3.05) is 0 Å². The van der Waals surface area contributed by atoms with Crippen molar-refractivity contribution >= 4 is 21.2 Å². The molecule has 0 heterocycles. The molecule has 6 heteroatoms. The Bertz CT molecular complexity index is 230. The average Bonchev–Trinajstić information content (AvgIpc) is 2.08. The normalized spacial score (nSPS) is 10.5. The Hall–Kier alpha value is -0.572. The molecule has 0 bridgehead atoms. The van der Waals surface area contributed by atoms with Gasteiger partial charge >= 0.3 is 72.2 Å². The summed E-state index contributed by atoms with van der Waals surface area (Å²) in [6.07, 6.45) is 0. The fourth-order valence-corrected chi connectivity index (χ4v) is 1.01. The van der Waals surface area contributed by atoms with Crippen molar-refractivity contribution in [2.45, 2.75) is 0 Å². The maximum absolute atomic E-state index is 12.4. The molecule has 0 saturated carbocycles. The molecule has 0 aliphatic carbocycles. The first-order valence-electron chi connectivity index (χ1n) is 2.67. The van der Waals surface area contributed by atoms with Gasteiger partial charge in [0.1, 0.15) is 0 Å². The number of hydrogen-bond acceptors (Lipinski definition) is 0. The van der Waals surface area contributed by atoms with Crippen molar-refractivity contribution < 1.29 is 22.0 Å². The van der Waals surface area contributed by atoms with Gasteiger partial charge in [0.2, 0.25) is 0 Å². The van der Waals surface area contributed by atoms with Crippen LogP contribution in [0.5, 0.6) is 0 Å². The summed E-state index contributed by atoms with van der Waals surface area (Å²) in [6.45, 7) is 0. The molecular weight excluding hydrogens is 242 g/mol. The van der Waals surface area contributed by atoms with Gasteiger partial charge in [-0.05, 0) is 0 Å². The molecule has 0 saturated heterocycles. The van der Waals surface area contributed by atoms with E-state index < -0.39 is 33.4 Å². The van der Waals surface area contributed by atoms with E-state index in [0.29, 0.717) is 0 Å². The molecule has 64 valence electrons. The Balaban J connectivity index is 3.60. The predicted octanol–water partition coefficient (Wildman–Crippen LogP) is 1.18. The summed E-state index contributed by atoms with van der Waals surface area (Å²) in [5.74, 6) is -9.62. The standard InChI is InChI=1S/C6AsF5/c7-1-2(8)4(10)6(12)5(11)3(1)9. The summed E-state index contributed by atoms with van der Waals surface area (Å²) < 4.78 is 60.6. The van der Waals surface area contributed by atoms with Crippen LogP contribution in [-0.4, -0.2) is 16.9 Å². The molecule has 0 spiro atoms. The monoisotopic (exact) mass is 242 g/mol. The second-order valence-corrected chi connectivity index (χ2v) is 2.86. The van der Waals surface area contributed by atoms with Crippen LogP contribution < -0.4 is 4.35 Å². The van der Waals surface area contributed by atoms with Gasteiger partial charge in [-0.1, -0.05) is 0 Å². The van der Waals surface area contributed by atoms with Crippen LogP contribution in [0, 0.1) is 29.1 Å². The van der Waals surface area contributed by atoms with Gasteiger partial charge in [0, 0.05) is 0 Å². The van der Waals surface area contributed by atoms with E-state index in [4.69, 9.17) is 0 Å². The number of benzene rings is 1. The third kappa shape index (κ3) is 1.22. The van der Waals surface area contributed by atoms with Crippen LogP contribution in [0.4, 0.5) is 22.0 Å². The molecule has 0 N–H and O–H groups in total. The SMILES string of the molecule is Fc1c(F)c(F)c([As])c(F)c1F. The van der Waals surface area contributed by atoms with Gasteiger partial charge in [-0.3, -0.25) is 0 Å². The van der Waals surface area contributed by atoms with Crippen molar-refractivity contribution in [2.24, 2.45) is 0 Å². The molecule has 1 aromatic carbocycles. The van der Waals surface area contributed by atoms with Gasteiger partial charge in [-0.15, -0.1) is 0 Å². The van der Waals surface area contributed by atoms with Crippen molar-refractivity contribution in [3.63, 3.8) is 0 Å². The van der Waals surface area contributed by atoms with Gasteiger partial charge in [0.25, 0.3) is 0 Å². The first-order valence-corrected chi connectivity index (χ1v) is 3.61. The average molecular weight is 242 g/mol. The van der Waals surface area contributed by atoms with Gasteiger partial charge in [0.15, 0.2) is 0 Å². The first-order chi connectivity index (χ1) is 5.46. The van der Waals surface area contributed by atoms with Crippen LogP contribution in [0.3, 0.4) is 0 Å². The van der Waals surface area contributed by atoms with Gasteiger partial charge in [0.05, 0.1) is 0 Å². The van der Waals surface area contributed by atoms with E-state index in [1.807, 2.05) is 0 Å². The quantitative estimate of drug-likeness (QED) is 0.277. The van der Waals surface area contributed by atoms with Crippen molar-refractivity contribution in [1.82, 2.24) is 0 Å². The van der Waals surface area contributed by atoms with Crippen LogP contribution in [0.25, 0.3) is 0 Å². The fourth-order valence-electron chi connectivity index (χ4n) is 0.593. The molecule has 0 aliphatic rings. The van der Waals surface area contributed by atoms with E-state index in [-0.39, 0.29) is 0 Å². The minimum absolute atomic E-state index is 0.932. The summed E-state index contributed by atoms with van der Waals surface area (Å²) in [6, 6.07) is 0. The molecule has 1 rings (SSSR count). The van der Waals surface area contributed by atoms with E-state index in [0.717, 1.165) is 0 Å². The molecule has 0 nitrogen and oxygen atoms in total. The molecule has 0 aromatic heterocycles. The second-order valence-electron chi connectivity index (χ2n) is 1.92. The molecule has 0 atom stereocenters. The molecule has 0 unspecified atom stereocenters. The van der Waals surface area contributed by atoms with E-state index in [2.05, 4.69) is 0 Å². The zero-order chi connectivity index (χ0) is 9.46. The molecular formula is C6AsF5. The van der Waals surface area contributed by atoms with Gasteiger partial charge in [-0.25, -0.2) is 0 Å². The summed E-state index contributed by atoms with van der Waals surface area (Å²) in [5.41, 5.74) is 0. The molecule has 0 fully saturated rings. The second kappa shape index (κ2) is 3.05.